The van der Waals surface area contributed by atoms with Crippen molar-refractivity contribution in [2.75, 3.05) is 19.8 Å². The fraction of sp³-hybridized carbons (Fsp3) is 0.643. The Hall–Kier alpha value is -1.31. The summed E-state index contributed by atoms with van der Waals surface area (Å²) in [6, 6.07) is 4.13. The van der Waals surface area contributed by atoms with Crippen LogP contribution in [0, 0.1) is 16.7 Å². The number of rotatable bonds is 4. The number of hydrogen-bond acceptors (Lipinski definition) is 3. The summed E-state index contributed by atoms with van der Waals surface area (Å²) in [6.07, 6.45) is 4.26. The Morgan fingerprint density at radius 2 is 2.22 bits per heavy atom. The number of nitrogens with one attached hydrogen (secondary N) is 1. The molecule has 2 heterocycles. The summed E-state index contributed by atoms with van der Waals surface area (Å²) < 4.78 is 7.26. The van der Waals surface area contributed by atoms with E-state index in [0.29, 0.717) is 11.1 Å². The summed E-state index contributed by atoms with van der Waals surface area (Å²) >= 11 is 0. The van der Waals surface area contributed by atoms with Gasteiger partial charge in [-0.15, -0.1) is 0 Å². The van der Waals surface area contributed by atoms with Gasteiger partial charge in [0, 0.05) is 39.5 Å². The molecule has 0 aromatic carbocycles. The highest BCUT2D eigenvalue weighted by Crippen LogP contribution is 2.28. The third-order valence-corrected chi connectivity index (χ3v) is 3.76. The van der Waals surface area contributed by atoms with E-state index in [1.165, 1.54) is 5.56 Å². The van der Waals surface area contributed by atoms with Crippen LogP contribution < -0.4 is 5.32 Å². The van der Waals surface area contributed by atoms with Crippen LogP contribution in [0.1, 0.15) is 31.0 Å². The van der Waals surface area contributed by atoms with E-state index in [4.69, 9.17) is 10.00 Å². The second-order valence-corrected chi connectivity index (χ2v) is 5.48. The Morgan fingerprint density at radius 3 is 2.83 bits per heavy atom. The molecule has 0 atom stereocenters. The quantitative estimate of drug-likeness (QED) is 0.882. The van der Waals surface area contributed by atoms with E-state index in [2.05, 4.69) is 18.3 Å². The maximum atomic E-state index is 8.90. The fourth-order valence-corrected chi connectivity index (χ4v) is 2.39. The SMILES string of the molecule is Cn1cc(CNCC2(C)CCOCC2)cc1C#N. The molecule has 1 saturated heterocycles. The Morgan fingerprint density at radius 1 is 1.50 bits per heavy atom. The third kappa shape index (κ3) is 3.12. The molecular formula is C14H21N3O. The Bertz CT molecular complexity index is 438. The zero-order chi connectivity index (χ0) is 13.0. The van der Waals surface area contributed by atoms with Gasteiger partial charge in [-0.05, 0) is 29.9 Å². The smallest absolute Gasteiger partial charge is 0.120 e. The molecular weight excluding hydrogens is 226 g/mol. The lowest BCUT2D eigenvalue weighted by Gasteiger charge is -2.33. The molecule has 0 radical (unpaired) electrons. The van der Waals surface area contributed by atoms with Crippen molar-refractivity contribution in [3.8, 4) is 6.07 Å². The van der Waals surface area contributed by atoms with E-state index in [1.54, 1.807) is 0 Å². The van der Waals surface area contributed by atoms with Crippen molar-refractivity contribution in [3.05, 3.63) is 23.5 Å². The molecule has 0 saturated carbocycles. The molecule has 1 fully saturated rings. The molecule has 18 heavy (non-hydrogen) atoms. The van der Waals surface area contributed by atoms with E-state index in [1.807, 2.05) is 23.9 Å². The summed E-state index contributed by atoms with van der Waals surface area (Å²) in [6.45, 7) is 5.90. The summed E-state index contributed by atoms with van der Waals surface area (Å²) in [5, 5.41) is 12.4. The molecule has 0 unspecified atom stereocenters. The van der Waals surface area contributed by atoms with E-state index >= 15 is 0 Å². The lowest BCUT2D eigenvalue weighted by Crippen LogP contribution is -2.36. The van der Waals surface area contributed by atoms with Crippen molar-refractivity contribution in [2.24, 2.45) is 12.5 Å². The molecule has 1 aliphatic heterocycles. The number of ether oxygens (including phenoxy) is 1. The number of aryl methyl sites for hydroxylation is 1. The molecule has 0 spiro atoms. The lowest BCUT2D eigenvalue weighted by atomic mass is 9.82. The average molecular weight is 247 g/mol. The minimum Gasteiger partial charge on any atom is -0.381 e. The first-order valence-electron chi connectivity index (χ1n) is 6.47. The lowest BCUT2D eigenvalue weighted by molar-refractivity contribution is 0.0240. The highest BCUT2D eigenvalue weighted by atomic mass is 16.5. The van der Waals surface area contributed by atoms with Crippen molar-refractivity contribution in [1.82, 2.24) is 9.88 Å². The zero-order valence-corrected chi connectivity index (χ0v) is 11.2. The number of nitriles is 1. The molecule has 1 aromatic rings. The summed E-state index contributed by atoms with van der Waals surface area (Å²) in [4.78, 5) is 0. The van der Waals surface area contributed by atoms with Gasteiger partial charge in [0.15, 0.2) is 0 Å². The Balaban J connectivity index is 1.82. The van der Waals surface area contributed by atoms with Gasteiger partial charge in [-0.25, -0.2) is 0 Å². The molecule has 0 amide bonds. The normalized spacial score (nSPS) is 18.5. The van der Waals surface area contributed by atoms with Crippen LogP contribution in [0.5, 0.6) is 0 Å². The molecule has 1 aliphatic rings. The van der Waals surface area contributed by atoms with Gasteiger partial charge >= 0.3 is 0 Å². The minimum atomic E-state index is 0.352. The van der Waals surface area contributed by atoms with Crippen LogP contribution in [0.2, 0.25) is 0 Å². The van der Waals surface area contributed by atoms with Crippen LogP contribution >= 0.6 is 0 Å². The summed E-state index contributed by atoms with van der Waals surface area (Å²) in [7, 11) is 1.90. The van der Waals surface area contributed by atoms with E-state index < -0.39 is 0 Å². The largest absolute Gasteiger partial charge is 0.381 e. The van der Waals surface area contributed by atoms with Crippen LogP contribution in [-0.4, -0.2) is 24.3 Å². The number of hydrogen-bond donors (Lipinski definition) is 1. The molecule has 4 nitrogen and oxygen atoms in total. The maximum absolute atomic E-state index is 8.90. The van der Waals surface area contributed by atoms with Crippen LogP contribution in [0.3, 0.4) is 0 Å². The molecule has 4 heteroatoms. The number of nitrogens with zero attached hydrogens (tertiary/aromatic N) is 2. The van der Waals surface area contributed by atoms with Crippen LogP contribution in [0.15, 0.2) is 12.3 Å². The van der Waals surface area contributed by atoms with Crippen molar-refractivity contribution in [2.45, 2.75) is 26.3 Å². The van der Waals surface area contributed by atoms with Gasteiger partial charge < -0.3 is 14.6 Å². The zero-order valence-electron chi connectivity index (χ0n) is 11.2. The van der Waals surface area contributed by atoms with Gasteiger partial charge in [0.05, 0.1) is 0 Å². The Labute approximate surface area is 109 Å². The first-order valence-corrected chi connectivity index (χ1v) is 6.47. The van der Waals surface area contributed by atoms with Crippen LogP contribution in [-0.2, 0) is 18.3 Å². The number of aromatic nitrogens is 1. The third-order valence-electron chi connectivity index (χ3n) is 3.76. The average Bonchev–Trinajstić information content (AvgIpc) is 2.70. The van der Waals surface area contributed by atoms with Gasteiger partial charge in [0.1, 0.15) is 11.8 Å². The molecule has 2 rings (SSSR count). The molecule has 0 aliphatic carbocycles. The monoisotopic (exact) mass is 247 g/mol. The van der Waals surface area contributed by atoms with Crippen LogP contribution in [0.4, 0.5) is 0 Å². The summed E-state index contributed by atoms with van der Waals surface area (Å²) in [5.74, 6) is 0. The van der Waals surface area contributed by atoms with Gasteiger partial charge in [-0.1, -0.05) is 6.92 Å². The van der Waals surface area contributed by atoms with Crippen molar-refractivity contribution in [3.63, 3.8) is 0 Å². The van der Waals surface area contributed by atoms with Crippen molar-refractivity contribution < 1.29 is 4.74 Å². The van der Waals surface area contributed by atoms with Gasteiger partial charge in [-0.3, -0.25) is 0 Å². The van der Waals surface area contributed by atoms with Gasteiger partial charge in [0.2, 0.25) is 0 Å². The first-order chi connectivity index (χ1) is 8.63. The van der Waals surface area contributed by atoms with Crippen LogP contribution in [0.25, 0.3) is 0 Å². The Kier molecular flexibility index (Phi) is 4.05. The molecule has 0 bridgehead atoms. The van der Waals surface area contributed by atoms with Crippen molar-refractivity contribution in [1.29, 1.82) is 5.26 Å². The molecule has 98 valence electrons. The molecule has 1 aromatic heterocycles. The van der Waals surface area contributed by atoms with E-state index in [9.17, 15) is 0 Å². The van der Waals surface area contributed by atoms with Gasteiger partial charge in [0.25, 0.3) is 0 Å². The van der Waals surface area contributed by atoms with Gasteiger partial charge in [-0.2, -0.15) is 5.26 Å². The molecule has 1 N–H and O–H groups in total. The van der Waals surface area contributed by atoms with Crippen molar-refractivity contribution >= 4 is 0 Å². The maximum Gasteiger partial charge on any atom is 0.120 e. The predicted octanol–water partition coefficient (Wildman–Crippen LogP) is 1.80. The fourth-order valence-electron chi connectivity index (χ4n) is 2.39. The highest BCUT2D eigenvalue weighted by Gasteiger charge is 2.26. The van der Waals surface area contributed by atoms with E-state index in [0.717, 1.165) is 39.1 Å². The second kappa shape index (κ2) is 5.55. The standard InChI is InChI=1S/C14H21N3O/c1-14(3-5-18-6-4-14)11-16-9-12-7-13(8-15)17(2)10-12/h7,10,16H,3-6,9,11H2,1-2H3. The van der Waals surface area contributed by atoms with E-state index in [-0.39, 0.29) is 0 Å². The highest BCUT2D eigenvalue weighted by molar-refractivity contribution is 5.28. The topological polar surface area (TPSA) is 50.0 Å². The summed E-state index contributed by atoms with van der Waals surface area (Å²) in [5.41, 5.74) is 2.24. The predicted molar refractivity (Wildman–Crippen MR) is 70.0 cm³/mol. The minimum absolute atomic E-state index is 0.352. The second-order valence-electron chi connectivity index (χ2n) is 5.48. The first kappa shape index (κ1) is 13.1.